The number of nitrogens with zero attached hydrogens (tertiary/aromatic N) is 2. The van der Waals surface area contributed by atoms with E-state index in [1.54, 1.807) is 18.9 Å². The van der Waals surface area contributed by atoms with Gasteiger partial charge in [-0.2, -0.15) is 0 Å². The van der Waals surface area contributed by atoms with Gasteiger partial charge in [-0.05, 0) is 18.4 Å². The van der Waals surface area contributed by atoms with Crippen LogP contribution in [0.25, 0.3) is 10.9 Å². The molecule has 18 heavy (non-hydrogen) atoms. The van der Waals surface area contributed by atoms with E-state index in [1.165, 1.54) is 6.33 Å². The molecule has 4 nitrogen and oxygen atoms in total. The zero-order chi connectivity index (χ0) is 13.0. The summed E-state index contributed by atoms with van der Waals surface area (Å²) in [4.78, 5) is 8.44. The maximum absolute atomic E-state index is 8.74. The third-order valence-electron chi connectivity index (χ3n) is 2.42. The topological polar surface area (TPSA) is 55.2 Å². The van der Waals surface area contributed by atoms with Crippen LogP contribution in [0.5, 0.6) is 5.75 Å². The molecule has 0 saturated heterocycles. The molecule has 0 atom stereocenters. The van der Waals surface area contributed by atoms with Crippen LogP contribution in [0.4, 0.5) is 0 Å². The fourth-order valence-corrected chi connectivity index (χ4v) is 2.16. The number of fused-ring (bicyclic) bond motifs is 1. The number of rotatable bonds is 2. The van der Waals surface area contributed by atoms with E-state index in [0.717, 1.165) is 15.9 Å². The van der Waals surface area contributed by atoms with Gasteiger partial charge >= 0.3 is 0 Å². The number of ether oxygens (including phenoxy) is 1. The predicted octanol–water partition coefficient (Wildman–Crippen LogP) is 1.70. The first-order valence-corrected chi connectivity index (χ1v) is 6.49. The lowest BCUT2D eigenvalue weighted by Gasteiger charge is -2.07. The SMILES string of the molecule is COc1cc2c(SC)ncnc2cc1C#CCO. The zero-order valence-corrected chi connectivity index (χ0v) is 10.9. The highest BCUT2D eigenvalue weighted by Gasteiger charge is 2.08. The van der Waals surface area contributed by atoms with E-state index in [2.05, 4.69) is 21.8 Å². The molecule has 0 unspecified atom stereocenters. The van der Waals surface area contributed by atoms with E-state index >= 15 is 0 Å². The van der Waals surface area contributed by atoms with E-state index in [4.69, 9.17) is 9.84 Å². The van der Waals surface area contributed by atoms with Gasteiger partial charge in [0.1, 0.15) is 23.7 Å². The molecule has 2 aromatic rings. The third kappa shape index (κ3) is 2.40. The van der Waals surface area contributed by atoms with Gasteiger partial charge in [-0.1, -0.05) is 11.8 Å². The Morgan fingerprint density at radius 1 is 1.39 bits per heavy atom. The average molecular weight is 260 g/mol. The summed E-state index contributed by atoms with van der Waals surface area (Å²) in [5.74, 6) is 6.12. The van der Waals surface area contributed by atoms with Gasteiger partial charge in [-0.3, -0.25) is 0 Å². The second kappa shape index (κ2) is 5.71. The second-order valence-corrected chi connectivity index (χ2v) is 4.21. The Kier molecular flexibility index (Phi) is 4.03. The maximum Gasteiger partial charge on any atom is 0.135 e. The van der Waals surface area contributed by atoms with Crippen molar-refractivity contribution in [3.63, 3.8) is 0 Å². The largest absolute Gasteiger partial charge is 0.495 e. The monoisotopic (exact) mass is 260 g/mol. The van der Waals surface area contributed by atoms with Gasteiger partial charge in [0.05, 0.1) is 18.2 Å². The molecule has 0 aliphatic heterocycles. The van der Waals surface area contributed by atoms with Gasteiger partial charge in [0.25, 0.3) is 0 Å². The molecule has 0 radical (unpaired) electrons. The lowest BCUT2D eigenvalue weighted by Crippen LogP contribution is -1.92. The third-order valence-corrected chi connectivity index (χ3v) is 3.13. The number of hydrogen-bond acceptors (Lipinski definition) is 5. The summed E-state index contributed by atoms with van der Waals surface area (Å²) in [7, 11) is 1.59. The summed E-state index contributed by atoms with van der Waals surface area (Å²) < 4.78 is 5.30. The Hall–Kier alpha value is -1.77. The summed E-state index contributed by atoms with van der Waals surface area (Å²) in [6, 6.07) is 3.72. The fraction of sp³-hybridized carbons (Fsp3) is 0.231. The van der Waals surface area contributed by atoms with Gasteiger partial charge in [0.2, 0.25) is 0 Å². The van der Waals surface area contributed by atoms with Crippen LogP contribution in [0.2, 0.25) is 0 Å². The molecule has 92 valence electrons. The van der Waals surface area contributed by atoms with Gasteiger partial charge < -0.3 is 9.84 Å². The minimum absolute atomic E-state index is 0.180. The van der Waals surface area contributed by atoms with Gasteiger partial charge in [0.15, 0.2) is 0 Å². The van der Waals surface area contributed by atoms with Crippen LogP contribution in [0.1, 0.15) is 5.56 Å². The quantitative estimate of drug-likeness (QED) is 0.506. The highest BCUT2D eigenvalue weighted by atomic mass is 32.2. The van der Waals surface area contributed by atoms with Gasteiger partial charge in [-0.15, -0.1) is 11.8 Å². The predicted molar refractivity (Wildman–Crippen MR) is 71.8 cm³/mol. The zero-order valence-electron chi connectivity index (χ0n) is 10.1. The van der Waals surface area contributed by atoms with Crippen molar-refractivity contribution in [2.24, 2.45) is 0 Å². The van der Waals surface area contributed by atoms with E-state index in [-0.39, 0.29) is 6.61 Å². The standard InChI is InChI=1S/C13H12N2O2S/c1-17-12-7-10-11(6-9(12)4-3-5-16)14-8-15-13(10)18-2/h6-8,16H,5H2,1-2H3. The molecule has 0 bridgehead atoms. The van der Waals surface area contributed by atoms with Crippen molar-refractivity contribution < 1.29 is 9.84 Å². The van der Waals surface area contributed by atoms with Crippen molar-refractivity contribution in [1.29, 1.82) is 0 Å². The first kappa shape index (κ1) is 12.7. The summed E-state index contributed by atoms with van der Waals surface area (Å²) >= 11 is 1.56. The Balaban J connectivity index is 2.68. The van der Waals surface area contributed by atoms with Crippen LogP contribution < -0.4 is 4.74 Å². The minimum atomic E-state index is -0.180. The molecule has 0 aliphatic carbocycles. The molecule has 1 N–H and O–H groups in total. The van der Waals surface area contributed by atoms with Gasteiger partial charge in [0, 0.05) is 5.39 Å². The summed E-state index contributed by atoms with van der Waals surface area (Å²) in [5.41, 5.74) is 1.53. The lowest BCUT2D eigenvalue weighted by atomic mass is 10.1. The maximum atomic E-state index is 8.74. The number of methoxy groups -OCH3 is 1. The summed E-state index contributed by atoms with van der Waals surface area (Å²) in [6.07, 6.45) is 3.50. The Morgan fingerprint density at radius 2 is 2.22 bits per heavy atom. The average Bonchev–Trinajstić information content (AvgIpc) is 2.43. The van der Waals surface area contributed by atoms with Crippen LogP contribution in [0, 0.1) is 11.8 Å². The van der Waals surface area contributed by atoms with Crippen LogP contribution >= 0.6 is 11.8 Å². The van der Waals surface area contributed by atoms with Crippen molar-refractivity contribution in [3.05, 3.63) is 24.0 Å². The van der Waals surface area contributed by atoms with E-state index in [1.807, 2.05) is 18.4 Å². The molecule has 0 fully saturated rings. The fourth-order valence-electron chi connectivity index (χ4n) is 1.62. The normalized spacial score (nSPS) is 9.94. The van der Waals surface area contributed by atoms with Crippen LogP contribution in [-0.4, -0.2) is 35.0 Å². The minimum Gasteiger partial charge on any atom is -0.495 e. The molecule has 0 spiro atoms. The van der Waals surface area contributed by atoms with E-state index in [0.29, 0.717) is 11.3 Å². The van der Waals surface area contributed by atoms with Crippen molar-refractivity contribution in [2.75, 3.05) is 20.0 Å². The number of benzene rings is 1. The van der Waals surface area contributed by atoms with Crippen LogP contribution in [0.15, 0.2) is 23.5 Å². The Labute approximate surface area is 109 Å². The van der Waals surface area contributed by atoms with Crippen LogP contribution in [-0.2, 0) is 0 Å². The Bertz CT molecular complexity index is 632. The molecule has 1 aromatic carbocycles. The number of aliphatic hydroxyl groups is 1. The van der Waals surface area contributed by atoms with Crippen molar-refractivity contribution >= 4 is 22.7 Å². The molecule has 1 heterocycles. The molecule has 0 saturated carbocycles. The number of aromatic nitrogens is 2. The van der Waals surface area contributed by atoms with Crippen molar-refractivity contribution in [1.82, 2.24) is 9.97 Å². The van der Waals surface area contributed by atoms with E-state index < -0.39 is 0 Å². The molecular weight excluding hydrogens is 248 g/mol. The molecule has 2 rings (SSSR count). The molecule has 0 aliphatic rings. The first-order valence-electron chi connectivity index (χ1n) is 5.26. The molecule has 0 amide bonds. The smallest absolute Gasteiger partial charge is 0.135 e. The van der Waals surface area contributed by atoms with Crippen LogP contribution in [0.3, 0.4) is 0 Å². The molecular formula is C13H12N2O2S. The number of hydrogen-bond donors (Lipinski definition) is 1. The Morgan fingerprint density at radius 3 is 2.89 bits per heavy atom. The summed E-state index contributed by atoms with van der Waals surface area (Å²) in [6.45, 7) is -0.180. The lowest BCUT2D eigenvalue weighted by molar-refractivity contribution is 0.350. The first-order chi connectivity index (χ1) is 8.80. The van der Waals surface area contributed by atoms with Gasteiger partial charge in [-0.25, -0.2) is 9.97 Å². The van der Waals surface area contributed by atoms with Crippen molar-refractivity contribution in [3.8, 4) is 17.6 Å². The highest BCUT2D eigenvalue weighted by Crippen LogP contribution is 2.29. The second-order valence-electron chi connectivity index (χ2n) is 3.41. The highest BCUT2D eigenvalue weighted by molar-refractivity contribution is 7.98. The summed E-state index contributed by atoms with van der Waals surface area (Å²) in [5, 5.41) is 10.6. The van der Waals surface area contributed by atoms with Crippen molar-refractivity contribution in [2.45, 2.75) is 5.03 Å². The molecule has 1 aromatic heterocycles. The molecule has 5 heteroatoms. The van der Waals surface area contributed by atoms with E-state index in [9.17, 15) is 0 Å². The number of thioether (sulfide) groups is 1. The number of aliphatic hydroxyl groups excluding tert-OH is 1.